The monoisotopic (exact) mass is 236 g/mol. The molecule has 2 rings (SSSR count). The van der Waals surface area contributed by atoms with Crippen LogP contribution in [0.15, 0.2) is 24.5 Å². The minimum Gasteiger partial charge on any atom is -0.323 e. The predicted octanol–water partition coefficient (Wildman–Crippen LogP) is 2.25. The third-order valence-corrected chi connectivity index (χ3v) is 2.71. The van der Waals surface area contributed by atoms with Crippen molar-refractivity contribution in [2.24, 2.45) is 5.73 Å². The smallest absolute Gasteiger partial charge is 0.0829 e. The van der Waals surface area contributed by atoms with E-state index in [-0.39, 0.29) is 6.04 Å². The van der Waals surface area contributed by atoms with E-state index >= 15 is 0 Å². The lowest BCUT2D eigenvalue weighted by molar-refractivity contribution is 0.774. The maximum Gasteiger partial charge on any atom is 0.0829 e. The first kappa shape index (κ1) is 11.1. The zero-order valence-corrected chi connectivity index (χ0v) is 9.94. The third-order valence-electron chi connectivity index (χ3n) is 2.34. The summed E-state index contributed by atoms with van der Waals surface area (Å²) < 4.78 is 1.70. The van der Waals surface area contributed by atoms with Gasteiger partial charge in [-0.05, 0) is 26.0 Å². The first-order valence-corrected chi connectivity index (χ1v) is 5.39. The van der Waals surface area contributed by atoms with Crippen LogP contribution in [0, 0.1) is 6.92 Å². The van der Waals surface area contributed by atoms with Gasteiger partial charge in [0, 0.05) is 12.2 Å². The molecule has 5 heteroatoms. The fraction of sp³-hybridized carbons (Fsp3) is 0.273. The molecule has 0 aliphatic carbocycles. The average molecular weight is 237 g/mol. The molecule has 0 saturated heterocycles. The molecule has 0 aromatic carbocycles. The Labute approximate surface area is 99.1 Å². The molecule has 2 aromatic heterocycles. The van der Waals surface area contributed by atoms with Gasteiger partial charge in [-0.2, -0.15) is 5.10 Å². The molecule has 0 unspecified atom stereocenters. The number of aromatic nitrogens is 3. The Hall–Kier alpha value is -1.39. The van der Waals surface area contributed by atoms with Crippen LogP contribution in [0.5, 0.6) is 0 Å². The van der Waals surface area contributed by atoms with Crippen LogP contribution >= 0.6 is 11.6 Å². The summed E-state index contributed by atoms with van der Waals surface area (Å²) >= 11 is 5.94. The molecule has 4 nitrogen and oxygen atoms in total. The van der Waals surface area contributed by atoms with Crippen molar-refractivity contribution in [3.63, 3.8) is 0 Å². The summed E-state index contributed by atoms with van der Waals surface area (Å²) in [4.78, 5) is 4.26. The SMILES string of the molecule is Cc1nn(-c2ccc([C@@H](C)N)nc2)cc1Cl. The van der Waals surface area contributed by atoms with Gasteiger partial charge in [-0.15, -0.1) is 0 Å². The second-order valence-corrected chi connectivity index (χ2v) is 4.14. The maximum atomic E-state index is 5.94. The lowest BCUT2D eigenvalue weighted by Gasteiger charge is -2.05. The molecular weight excluding hydrogens is 224 g/mol. The first-order valence-electron chi connectivity index (χ1n) is 5.01. The summed E-state index contributed by atoms with van der Waals surface area (Å²) in [6, 6.07) is 3.76. The van der Waals surface area contributed by atoms with Gasteiger partial charge in [-0.25, -0.2) is 4.68 Å². The molecule has 16 heavy (non-hydrogen) atoms. The van der Waals surface area contributed by atoms with Crippen LogP contribution in [0.3, 0.4) is 0 Å². The van der Waals surface area contributed by atoms with Crippen molar-refractivity contribution in [1.82, 2.24) is 14.8 Å². The van der Waals surface area contributed by atoms with E-state index in [0.717, 1.165) is 17.1 Å². The van der Waals surface area contributed by atoms with Crippen molar-refractivity contribution in [1.29, 1.82) is 0 Å². The zero-order valence-electron chi connectivity index (χ0n) is 9.18. The van der Waals surface area contributed by atoms with Crippen LogP contribution < -0.4 is 5.73 Å². The van der Waals surface area contributed by atoms with Gasteiger partial charge in [0.05, 0.1) is 28.3 Å². The van der Waals surface area contributed by atoms with Gasteiger partial charge in [0.2, 0.25) is 0 Å². The van der Waals surface area contributed by atoms with Crippen molar-refractivity contribution < 1.29 is 0 Å². The highest BCUT2D eigenvalue weighted by Gasteiger charge is 2.05. The first-order chi connectivity index (χ1) is 7.58. The summed E-state index contributed by atoms with van der Waals surface area (Å²) in [6.07, 6.45) is 3.50. The van der Waals surface area contributed by atoms with E-state index in [0.29, 0.717) is 5.02 Å². The topological polar surface area (TPSA) is 56.7 Å². The molecular formula is C11H13ClN4. The standard InChI is InChI=1S/C11H13ClN4/c1-7(13)11-4-3-9(5-14-11)16-6-10(12)8(2)15-16/h3-7H,13H2,1-2H3/t7-/m1/s1. The molecule has 2 aromatic rings. The van der Waals surface area contributed by atoms with E-state index < -0.39 is 0 Å². The van der Waals surface area contributed by atoms with E-state index in [4.69, 9.17) is 17.3 Å². The number of pyridine rings is 1. The number of hydrogen-bond acceptors (Lipinski definition) is 3. The molecule has 0 saturated carbocycles. The molecule has 0 spiro atoms. The van der Waals surface area contributed by atoms with Crippen LogP contribution in [-0.4, -0.2) is 14.8 Å². The van der Waals surface area contributed by atoms with Gasteiger partial charge in [0.15, 0.2) is 0 Å². The predicted molar refractivity (Wildman–Crippen MR) is 63.7 cm³/mol. The van der Waals surface area contributed by atoms with Gasteiger partial charge in [-0.1, -0.05) is 11.6 Å². The number of nitrogens with zero attached hydrogens (tertiary/aromatic N) is 3. The molecule has 0 fully saturated rings. The molecule has 0 aliphatic rings. The van der Waals surface area contributed by atoms with Gasteiger partial charge in [0.1, 0.15) is 0 Å². The van der Waals surface area contributed by atoms with Gasteiger partial charge in [0.25, 0.3) is 0 Å². The summed E-state index contributed by atoms with van der Waals surface area (Å²) in [7, 11) is 0. The Morgan fingerprint density at radius 2 is 2.19 bits per heavy atom. The maximum absolute atomic E-state index is 5.94. The van der Waals surface area contributed by atoms with Gasteiger partial charge in [-0.3, -0.25) is 4.98 Å². The fourth-order valence-electron chi connectivity index (χ4n) is 1.37. The number of aryl methyl sites for hydroxylation is 1. The lowest BCUT2D eigenvalue weighted by atomic mass is 10.2. The highest BCUT2D eigenvalue weighted by atomic mass is 35.5. The minimum atomic E-state index is -0.0583. The summed E-state index contributed by atoms with van der Waals surface area (Å²) in [5.41, 5.74) is 8.26. The average Bonchev–Trinajstić information content (AvgIpc) is 2.59. The van der Waals surface area contributed by atoms with Crippen LogP contribution in [0.25, 0.3) is 5.69 Å². The fourth-order valence-corrected chi connectivity index (χ4v) is 1.50. The van der Waals surface area contributed by atoms with Crippen molar-refractivity contribution in [2.75, 3.05) is 0 Å². The largest absolute Gasteiger partial charge is 0.323 e. The quantitative estimate of drug-likeness (QED) is 0.870. The van der Waals surface area contributed by atoms with Crippen LogP contribution in [0.1, 0.15) is 24.4 Å². The summed E-state index contributed by atoms with van der Waals surface area (Å²) in [5.74, 6) is 0. The second kappa shape index (κ2) is 4.23. The molecule has 0 bridgehead atoms. The number of hydrogen-bond donors (Lipinski definition) is 1. The Morgan fingerprint density at radius 1 is 1.44 bits per heavy atom. The number of rotatable bonds is 2. The molecule has 2 heterocycles. The normalized spacial score (nSPS) is 12.8. The number of nitrogens with two attached hydrogens (primary N) is 1. The van der Waals surface area contributed by atoms with E-state index in [9.17, 15) is 0 Å². The Morgan fingerprint density at radius 3 is 2.62 bits per heavy atom. The summed E-state index contributed by atoms with van der Waals surface area (Å²) in [5, 5.41) is 4.92. The summed E-state index contributed by atoms with van der Waals surface area (Å²) in [6.45, 7) is 3.76. The Kier molecular flexibility index (Phi) is 2.94. The zero-order chi connectivity index (χ0) is 11.7. The van der Waals surface area contributed by atoms with Crippen LogP contribution in [-0.2, 0) is 0 Å². The van der Waals surface area contributed by atoms with Crippen LogP contribution in [0.4, 0.5) is 0 Å². The Balaban J connectivity index is 2.34. The molecule has 0 radical (unpaired) electrons. The molecule has 0 aliphatic heterocycles. The second-order valence-electron chi connectivity index (χ2n) is 3.74. The van der Waals surface area contributed by atoms with E-state index in [1.807, 2.05) is 26.0 Å². The molecule has 0 amide bonds. The van der Waals surface area contributed by atoms with Crippen molar-refractivity contribution >= 4 is 11.6 Å². The van der Waals surface area contributed by atoms with Gasteiger partial charge >= 0.3 is 0 Å². The van der Waals surface area contributed by atoms with Crippen molar-refractivity contribution in [2.45, 2.75) is 19.9 Å². The molecule has 84 valence electrons. The highest BCUT2D eigenvalue weighted by molar-refractivity contribution is 6.31. The highest BCUT2D eigenvalue weighted by Crippen LogP contribution is 2.16. The van der Waals surface area contributed by atoms with Crippen molar-refractivity contribution in [3.05, 3.63) is 40.9 Å². The van der Waals surface area contributed by atoms with Crippen molar-refractivity contribution in [3.8, 4) is 5.69 Å². The van der Waals surface area contributed by atoms with E-state index in [2.05, 4.69) is 10.1 Å². The minimum absolute atomic E-state index is 0.0583. The number of halogens is 1. The third kappa shape index (κ3) is 2.08. The Bertz CT molecular complexity index is 468. The van der Waals surface area contributed by atoms with Crippen LogP contribution in [0.2, 0.25) is 5.02 Å². The van der Waals surface area contributed by atoms with E-state index in [1.54, 1.807) is 17.1 Å². The molecule has 1 atom stereocenters. The van der Waals surface area contributed by atoms with Gasteiger partial charge < -0.3 is 5.73 Å². The molecule has 2 N–H and O–H groups in total. The van der Waals surface area contributed by atoms with E-state index in [1.165, 1.54) is 0 Å². The lowest BCUT2D eigenvalue weighted by Crippen LogP contribution is -2.07.